The summed E-state index contributed by atoms with van der Waals surface area (Å²) in [5.74, 6) is 0.914. The molecule has 2 rings (SSSR count). The van der Waals surface area contributed by atoms with E-state index in [0.717, 1.165) is 37.1 Å². The van der Waals surface area contributed by atoms with Crippen molar-refractivity contribution in [3.05, 3.63) is 0 Å². The lowest BCUT2D eigenvalue weighted by Crippen LogP contribution is -2.41. The standard InChI is InChI=1S/C12H20BrNO2/c13-7-2-1-3-11(15)14-10-6-8-16-12(10)9-4-5-9/h9-10,12H,1-8H2,(H,14,15). The van der Waals surface area contributed by atoms with Crippen LogP contribution >= 0.6 is 15.9 Å². The number of ether oxygens (including phenoxy) is 1. The molecule has 3 nitrogen and oxygen atoms in total. The van der Waals surface area contributed by atoms with E-state index in [2.05, 4.69) is 21.2 Å². The minimum Gasteiger partial charge on any atom is -0.376 e. The summed E-state index contributed by atoms with van der Waals surface area (Å²) >= 11 is 3.37. The van der Waals surface area contributed by atoms with Crippen molar-refractivity contribution in [1.29, 1.82) is 0 Å². The molecule has 0 aromatic carbocycles. The topological polar surface area (TPSA) is 38.3 Å². The molecule has 0 bridgehead atoms. The van der Waals surface area contributed by atoms with Gasteiger partial charge in [-0.15, -0.1) is 0 Å². The number of alkyl halides is 1. The third-order valence-corrected chi connectivity index (χ3v) is 3.92. The molecule has 1 saturated carbocycles. The minimum absolute atomic E-state index is 0.196. The maximum Gasteiger partial charge on any atom is 0.220 e. The number of carbonyl (C=O) groups is 1. The fourth-order valence-electron chi connectivity index (χ4n) is 2.31. The highest BCUT2D eigenvalue weighted by molar-refractivity contribution is 9.09. The Bertz CT molecular complexity index is 243. The molecule has 1 aliphatic heterocycles. The lowest BCUT2D eigenvalue weighted by Gasteiger charge is -2.19. The molecule has 2 unspecified atom stereocenters. The van der Waals surface area contributed by atoms with E-state index in [1.807, 2.05) is 0 Å². The van der Waals surface area contributed by atoms with Crippen molar-refractivity contribution < 1.29 is 9.53 Å². The molecular weight excluding hydrogens is 270 g/mol. The first-order valence-corrected chi connectivity index (χ1v) is 7.40. The highest BCUT2D eigenvalue weighted by Crippen LogP contribution is 2.38. The van der Waals surface area contributed by atoms with Crippen molar-refractivity contribution in [3.63, 3.8) is 0 Å². The quantitative estimate of drug-likeness (QED) is 0.602. The number of rotatable bonds is 6. The Morgan fingerprint density at radius 1 is 1.31 bits per heavy atom. The van der Waals surface area contributed by atoms with Crippen molar-refractivity contribution >= 4 is 21.8 Å². The molecule has 1 aliphatic carbocycles. The lowest BCUT2D eigenvalue weighted by molar-refractivity contribution is -0.122. The predicted octanol–water partition coefficient (Wildman–Crippen LogP) is 2.24. The average molecular weight is 290 g/mol. The summed E-state index contributed by atoms with van der Waals surface area (Å²) < 4.78 is 5.69. The largest absolute Gasteiger partial charge is 0.376 e. The highest BCUT2D eigenvalue weighted by atomic mass is 79.9. The Morgan fingerprint density at radius 3 is 2.81 bits per heavy atom. The van der Waals surface area contributed by atoms with Crippen molar-refractivity contribution in [2.75, 3.05) is 11.9 Å². The fourth-order valence-corrected chi connectivity index (χ4v) is 2.71. The van der Waals surface area contributed by atoms with Gasteiger partial charge in [0.2, 0.25) is 5.91 Å². The summed E-state index contributed by atoms with van der Waals surface area (Å²) in [6.45, 7) is 0.813. The van der Waals surface area contributed by atoms with E-state index in [-0.39, 0.29) is 11.9 Å². The van der Waals surface area contributed by atoms with Gasteiger partial charge in [0, 0.05) is 18.4 Å². The first kappa shape index (κ1) is 12.4. The summed E-state index contributed by atoms with van der Waals surface area (Å²) in [6.07, 6.45) is 6.55. The molecule has 2 fully saturated rings. The molecule has 1 amide bonds. The molecule has 2 aliphatic rings. The van der Waals surface area contributed by atoms with Crippen LogP contribution in [0.15, 0.2) is 0 Å². The second-order valence-corrected chi connectivity index (χ2v) is 5.57. The van der Waals surface area contributed by atoms with Gasteiger partial charge in [0.25, 0.3) is 0 Å². The van der Waals surface area contributed by atoms with Gasteiger partial charge in [-0.1, -0.05) is 15.9 Å². The van der Waals surface area contributed by atoms with Crippen molar-refractivity contribution in [2.45, 2.75) is 50.7 Å². The Labute approximate surface area is 105 Å². The van der Waals surface area contributed by atoms with Gasteiger partial charge in [-0.3, -0.25) is 4.79 Å². The average Bonchev–Trinajstić information content (AvgIpc) is 3.01. The van der Waals surface area contributed by atoms with Crippen LogP contribution in [0.4, 0.5) is 0 Å². The first-order valence-electron chi connectivity index (χ1n) is 6.28. The third kappa shape index (κ3) is 3.45. The molecule has 4 heteroatoms. The van der Waals surface area contributed by atoms with Crippen LogP contribution in [0.5, 0.6) is 0 Å². The van der Waals surface area contributed by atoms with E-state index >= 15 is 0 Å². The van der Waals surface area contributed by atoms with Crippen LogP contribution in [0, 0.1) is 5.92 Å². The van der Waals surface area contributed by atoms with E-state index in [4.69, 9.17) is 4.74 Å². The van der Waals surface area contributed by atoms with Crippen molar-refractivity contribution in [3.8, 4) is 0 Å². The first-order chi connectivity index (χ1) is 7.81. The van der Waals surface area contributed by atoms with Gasteiger partial charge in [0.1, 0.15) is 0 Å². The zero-order valence-electron chi connectivity index (χ0n) is 9.58. The number of hydrogen-bond donors (Lipinski definition) is 1. The molecule has 1 heterocycles. The van der Waals surface area contributed by atoms with Crippen LogP contribution in [0.25, 0.3) is 0 Å². The smallest absolute Gasteiger partial charge is 0.220 e. The zero-order chi connectivity index (χ0) is 11.4. The predicted molar refractivity (Wildman–Crippen MR) is 66.7 cm³/mol. The summed E-state index contributed by atoms with van der Waals surface area (Å²) in [5, 5.41) is 4.11. The van der Waals surface area contributed by atoms with E-state index in [1.165, 1.54) is 12.8 Å². The molecule has 92 valence electrons. The summed E-state index contributed by atoms with van der Waals surface area (Å²) in [4.78, 5) is 11.7. The molecule has 1 N–H and O–H groups in total. The zero-order valence-corrected chi connectivity index (χ0v) is 11.2. The molecular formula is C12H20BrNO2. The fraction of sp³-hybridized carbons (Fsp3) is 0.917. The van der Waals surface area contributed by atoms with Gasteiger partial charge in [0.05, 0.1) is 12.1 Å². The molecule has 16 heavy (non-hydrogen) atoms. The summed E-state index contributed by atoms with van der Waals surface area (Å²) in [6, 6.07) is 0.281. The normalized spacial score (nSPS) is 29.3. The number of nitrogens with one attached hydrogen (secondary N) is 1. The van der Waals surface area contributed by atoms with Crippen LogP contribution in [0.2, 0.25) is 0 Å². The van der Waals surface area contributed by atoms with E-state index in [9.17, 15) is 4.79 Å². The van der Waals surface area contributed by atoms with Gasteiger partial charge in [-0.25, -0.2) is 0 Å². The highest BCUT2D eigenvalue weighted by Gasteiger charge is 2.40. The SMILES string of the molecule is O=C(CCCCBr)NC1CCOC1C1CC1. The van der Waals surface area contributed by atoms with Crippen LogP contribution in [-0.2, 0) is 9.53 Å². The number of carbonyl (C=O) groups excluding carboxylic acids is 1. The number of hydrogen-bond acceptors (Lipinski definition) is 2. The van der Waals surface area contributed by atoms with Gasteiger partial charge in [-0.05, 0) is 38.0 Å². The molecule has 0 aromatic heterocycles. The monoisotopic (exact) mass is 289 g/mol. The lowest BCUT2D eigenvalue weighted by atomic mass is 10.1. The Morgan fingerprint density at radius 2 is 2.12 bits per heavy atom. The van der Waals surface area contributed by atoms with Crippen molar-refractivity contribution in [2.24, 2.45) is 5.92 Å². The van der Waals surface area contributed by atoms with Crippen LogP contribution in [-0.4, -0.2) is 30.0 Å². The maximum atomic E-state index is 11.7. The second-order valence-electron chi connectivity index (χ2n) is 4.78. The number of unbranched alkanes of at least 4 members (excludes halogenated alkanes) is 1. The second kappa shape index (κ2) is 6.01. The number of halogens is 1. The molecule has 1 saturated heterocycles. The Hall–Kier alpha value is -0.0900. The van der Waals surface area contributed by atoms with E-state index < -0.39 is 0 Å². The molecule has 0 aromatic rings. The van der Waals surface area contributed by atoms with E-state index in [0.29, 0.717) is 12.5 Å². The Balaban J connectivity index is 1.69. The van der Waals surface area contributed by atoms with Crippen molar-refractivity contribution in [1.82, 2.24) is 5.32 Å². The van der Waals surface area contributed by atoms with Gasteiger partial charge in [-0.2, -0.15) is 0 Å². The summed E-state index contributed by atoms with van der Waals surface area (Å²) in [5.41, 5.74) is 0. The van der Waals surface area contributed by atoms with Crippen LogP contribution in [0.3, 0.4) is 0 Å². The Kier molecular flexibility index (Phi) is 4.65. The number of amides is 1. The van der Waals surface area contributed by atoms with Crippen LogP contribution in [0.1, 0.15) is 38.5 Å². The third-order valence-electron chi connectivity index (χ3n) is 3.36. The molecule has 0 radical (unpaired) electrons. The van der Waals surface area contributed by atoms with Gasteiger partial charge < -0.3 is 10.1 Å². The van der Waals surface area contributed by atoms with Crippen LogP contribution < -0.4 is 5.32 Å². The van der Waals surface area contributed by atoms with Gasteiger partial charge >= 0.3 is 0 Å². The van der Waals surface area contributed by atoms with E-state index in [1.54, 1.807) is 0 Å². The van der Waals surface area contributed by atoms with Gasteiger partial charge in [0.15, 0.2) is 0 Å². The minimum atomic E-state index is 0.196. The maximum absolute atomic E-state index is 11.7. The molecule has 2 atom stereocenters. The summed E-state index contributed by atoms with van der Waals surface area (Å²) in [7, 11) is 0. The molecule has 0 spiro atoms.